The number of ether oxygens (including phenoxy) is 1. The molecule has 0 aromatic heterocycles. The average Bonchev–Trinajstić information content (AvgIpc) is 2.59. The Hall–Kier alpha value is -1.26. The Morgan fingerprint density at radius 1 is 1.33 bits per heavy atom. The zero-order valence-corrected chi connectivity index (χ0v) is 11.6. The second-order valence-electron chi connectivity index (χ2n) is 6.87. The fourth-order valence-electron chi connectivity index (χ4n) is 3.08. The first-order valence-electron chi connectivity index (χ1n) is 6.28. The van der Waals surface area contributed by atoms with E-state index in [0.717, 1.165) is 0 Å². The SMILES string of the molecule is CC(C)(C)OC(=O)N1C[C@@H]2[C@H]([C@H]1C(=O)O)C2(C)C. The van der Waals surface area contributed by atoms with Crippen molar-refractivity contribution in [1.29, 1.82) is 0 Å². The summed E-state index contributed by atoms with van der Waals surface area (Å²) in [6.07, 6.45) is -0.516. The Morgan fingerprint density at radius 2 is 1.89 bits per heavy atom. The van der Waals surface area contributed by atoms with Crippen LogP contribution >= 0.6 is 0 Å². The van der Waals surface area contributed by atoms with Gasteiger partial charge in [-0.1, -0.05) is 13.8 Å². The van der Waals surface area contributed by atoms with Crippen molar-refractivity contribution in [3.8, 4) is 0 Å². The molecule has 3 atom stereocenters. The van der Waals surface area contributed by atoms with Crippen LogP contribution in [-0.2, 0) is 9.53 Å². The molecule has 1 saturated carbocycles. The summed E-state index contributed by atoms with van der Waals surface area (Å²) < 4.78 is 5.26. The summed E-state index contributed by atoms with van der Waals surface area (Å²) in [4.78, 5) is 24.7. The van der Waals surface area contributed by atoms with Crippen LogP contribution < -0.4 is 0 Å². The third-order valence-electron chi connectivity index (χ3n) is 4.09. The van der Waals surface area contributed by atoms with Crippen LogP contribution in [0, 0.1) is 17.3 Å². The topological polar surface area (TPSA) is 66.8 Å². The predicted octanol–water partition coefficient (Wildman–Crippen LogP) is 1.96. The number of carbonyl (C=O) groups excluding carboxylic acids is 1. The third kappa shape index (κ3) is 1.95. The molecule has 1 heterocycles. The van der Waals surface area contributed by atoms with E-state index >= 15 is 0 Å². The molecule has 0 aromatic rings. The fourth-order valence-corrected chi connectivity index (χ4v) is 3.08. The predicted molar refractivity (Wildman–Crippen MR) is 65.1 cm³/mol. The molecule has 0 bridgehead atoms. The van der Waals surface area contributed by atoms with Crippen molar-refractivity contribution in [2.45, 2.75) is 46.3 Å². The summed E-state index contributed by atoms with van der Waals surface area (Å²) in [6.45, 7) is 9.95. The Bertz CT molecular complexity index is 396. The minimum atomic E-state index is -0.932. The molecule has 2 rings (SSSR count). The number of hydrogen-bond acceptors (Lipinski definition) is 3. The lowest BCUT2D eigenvalue weighted by atomic mass is 10.0. The summed E-state index contributed by atoms with van der Waals surface area (Å²) in [5.41, 5.74) is -0.565. The number of aliphatic carboxylic acids is 1. The highest BCUT2D eigenvalue weighted by molar-refractivity contribution is 5.82. The molecule has 5 nitrogen and oxygen atoms in total. The van der Waals surface area contributed by atoms with Gasteiger partial charge in [-0.05, 0) is 32.1 Å². The quantitative estimate of drug-likeness (QED) is 0.777. The maximum atomic E-state index is 12.0. The van der Waals surface area contributed by atoms with Crippen LogP contribution in [0.4, 0.5) is 4.79 Å². The summed E-state index contributed by atoms with van der Waals surface area (Å²) in [5, 5.41) is 9.31. The van der Waals surface area contributed by atoms with Gasteiger partial charge in [0.15, 0.2) is 0 Å². The fraction of sp³-hybridized carbons (Fsp3) is 0.846. The first-order chi connectivity index (χ1) is 8.05. The normalized spacial score (nSPS) is 32.9. The number of likely N-dealkylation sites (tertiary alicyclic amines) is 1. The van der Waals surface area contributed by atoms with E-state index in [0.29, 0.717) is 6.54 Å². The Balaban J connectivity index is 2.12. The maximum absolute atomic E-state index is 12.0. The van der Waals surface area contributed by atoms with Gasteiger partial charge >= 0.3 is 12.1 Å². The summed E-state index contributed by atoms with van der Waals surface area (Å²) >= 11 is 0. The molecule has 2 fully saturated rings. The number of fused-ring (bicyclic) bond motifs is 1. The maximum Gasteiger partial charge on any atom is 0.411 e. The van der Waals surface area contributed by atoms with Crippen LogP contribution in [0.3, 0.4) is 0 Å². The van der Waals surface area contributed by atoms with Gasteiger partial charge in [0.25, 0.3) is 0 Å². The number of piperidine rings is 1. The Kier molecular flexibility index (Phi) is 2.65. The van der Waals surface area contributed by atoms with E-state index in [2.05, 4.69) is 13.8 Å². The van der Waals surface area contributed by atoms with E-state index < -0.39 is 23.7 Å². The standard InChI is InChI=1S/C13H21NO4/c1-12(2,3)18-11(17)14-6-7-8(13(7,4)5)9(14)10(15)16/h7-9H,6H2,1-5H3,(H,15,16)/t7-,8-,9+/m1/s1. The number of amides is 1. The number of hydrogen-bond donors (Lipinski definition) is 1. The molecule has 1 saturated heterocycles. The van der Waals surface area contributed by atoms with Crippen LogP contribution in [0.5, 0.6) is 0 Å². The molecule has 0 aromatic carbocycles. The van der Waals surface area contributed by atoms with Crippen molar-refractivity contribution in [3.05, 3.63) is 0 Å². The summed E-state index contributed by atoms with van der Waals surface area (Å²) in [5.74, 6) is -0.590. The number of carboxylic acid groups (broad SMARTS) is 1. The van der Waals surface area contributed by atoms with Gasteiger partial charge in [0, 0.05) is 12.5 Å². The molecule has 102 valence electrons. The van der Waals surface area contributed by atoms with Gasteiger partial charge in [-0.2, -0.15) is 0 Å². The lowest BCUT2D eigenvalue weighted by Crippen LogP contribution is -2.47. The molecule has 1 aliphatic heterocycles. The van der Waals surface area contributed by atoms with Gasteiger partial charge in [0.1, 0.15) is 11.6 Å². The molecule has 0 unspecified atom stereocenters. The van der Waals surface area contributed by atoms with Gasteiger partial charge in [0.2, 0.25) is 0 Å². The van der Waals surface area contributed by atoms with E-state index in [-0.39, 0.29) is 17.3 Å². The number of carbonyl (C=O) groups is 2. The minimum Gasteiger partial charge on any atom is -0.480 e. The van der Waals surface area contributed by atoms with Gasteiger partial charge in [-0.15, -0.1) is 0 Å². The van der Waals surface area contributed by atoms with Crippen LogP contribution in [0.15, 0.2) is 0 Å². The zero-order valence-electron chi connectivity index (χ0n) is 11.6. The monoisotopic (exact) mass is 255 g/mol. The van der Waals surface area contributed by atoms with Crippen molar-refractivity contribution in [2.24, 2.45) is 17.3 Å². The van der Waals surface area contributed by atoms with E-state index in [1.807, 2.05) is 0 Å². The second kappa shape index (κ2) is 3.62. The lowest BCUT2D eigenvalue weighted by Gasteiger charge is -2.30. The molecule has 1 amide bonds. The molecule has 18 heavy (non-hydrogen) atoms. The number of nitrogens with zero attached hydrogens (tertiary/aromatic N) is 1. The first-order valence-corrected chi connectivity index (χ1v) is 6.28. The molecular weight excluding hydrogens is 234 g/mol. The Labute approximate surface area is 107 Å². The van der Waals surface area contributed by atoms with Crippen molar-refractivity contribution in [2.75, 3.05) is 6.54 Å². The molecule has 2 aliphatic rings. The van der Waals surface area contributed by atoms with Crippen molar-refractivity contribution in [3.63, 3.8) is 0 Å². The first kappa shape index (κ1) is 13.2. The van der Waals surface area contributed by atoms with E-state index in [9.17, 15) is 14.7 Å². The molecular formula is C13H21NO4. The average molecular weight is 255 g/mol. The number of carboxylic acids is 1. The van der Waals surface area contributed by atoms with Crippen LogP contribution in [0.1, 0.15) is 34.6 Å². The molecule has 1 N–H and O–H groups in total. The summed E-state index contributed by atoms with van der Waals surface area (Å²) in [6, 6.07) is -0.736. The van der Waals surface area contributed by atoms with Crippen molar-refractivity contribution >= 4 is 12.1 Å². The van der Waals surface area contributed by atoms with Gasteiger partial charge in [0.05, 0.1) is 0 Å². The van der Waals surface area contributed by atoms with Gasteiger partial charge in [-0.25, -0.2) is 9.59 Å². The second-order valence-corrected chi connectivity index (χ2v) is 6.87. The highest BCUT2D eigenvalue weighted by atomic mass is 16.6. The highest BCUT2D eigenvalue weighted by Gasteiger charge is 2.70. The van der Waals surface area contributed by atoms with Crippen LogP contribution in [0.2, 0.25) is 0 Å². The van der Waals surface area contributed by atoms with Crippen molar-refractivity contribution in [1.82, 2.24) is 4.90 Å². The van der Waals surface area contributed by atoms with Crippen molar-refractivity contribution < 1.29 is 19.4 Å². The number of rotatable bonds is 1. The molecule has 0 spiro atoms. The molecule has 5 heteroatoms. The Morgan fingerprint density at radius 3 is 2.33 bits per heavy atom. The summed E-state index contributed by atoms with van der Waals surface area (Å²) in [7, 11) is 0. The third-order valence-corrected chi connectivity index (χ3v) is 4.09. The van der Waals surface area contributed by atoms with E-state index in [1.54, 1.807) is 20.8 Å². The van der Waals surface area contributed by atoms with E-state index in [4.69, 9.17) is 4.74 Å². The molecule has 1 aliphatic carbocycles. The minimum absolute atomic E-state index is 0.0293. The van der Waals surface area contributed by atoms with E-state index in [1.165, 1.54) is 4.90 Å². The van der Waals surface area contributed by atoms with Crippen LogP contribution in [-0.4, -0.2) is 40.3 Å². The van der Waals surface area contributed by atoms with Gasteiger partial charge < -0.3 is 9.84 Å². The van der Waals surface area contributed by atoms with Crippen LogP contribution in [0.25, 0.3) is 0 Å². The van der Waals surface area contributed by atoms with Gasteiger partial charge in [-0.3, -0.25) is 4.90 Å². The zero-order chi connectivity index (χ0) is 13.9. The highest BCUT2D eigenvalue weighted by Crippen LogP contribution is 2.64. The lowest BCUT2D eigenvalue weighted by molar-refractivity contribution is -0.143. The smallest absolute Gasteiger partial charge is 0.411 e. The largest absolute Gasteiger partial charge is 0.480 e. The molecule has 0 radical (unpaired) electrons.